The Morgan fingerprint density at radius 2 is 1.54 bits per heavy atom. The fourth-order valence-electron chi connectivity index (χ4n) is 2.13. The van der Waals surface area contributed by atoms with Gasteiger partial charge in [-0.2, -0.15) is 0 Å². The Balaban J connectivity index is 2.09. The Labute approximate surface area is 139 Å². The molecule has 2 aromatic rings. The molecule has 0 amide bonds. The molecule has 2 aromatic carbocycles. The summed E-state index contributed by atoms with van der Waals surface area (Å²) >= 11 is 0. The molecule has 6 nitrogen and oxygen atoms in total. The van der Waals surface area contributed by atoms with E-state index in [1.54, 1.807) is 42.5 Å². The van der Waals surface area contributed by atoms with E-state index in [1.165, 1.54) is 21.3 Å². The lowest BCUT2D eigenvalue weighted by atomic mass is 10.1. The molecule has 0 aromatic heterocycles. The number of hydrogen-bond donors (Lipinski definition) is 0. The number of methoxy groups -OCH3 is 3. The standard InChI is InChI=1S/C18H18O6/c1-21-12-8-9-13(17(10-12)23-3)15(19)11-24-18(20)14-6-4-5-7-16(14)22-2/h4-10H,11H2,1-3H3. The maximum atomic E-state index is 12.3. The van der Waals surface area contributed by atoms with Crippen LogP contribution in [0.25, 0.3) is 0 Å². The van der Waals surface area contributed by atoms with Crippen molar-refractivity contribution < 1.29 is 28.5 Å². The van der Waals surface area contributed by atoms with Crippen LogP contribution in [0, 0.1) is 0 Å². The third-order valence-corrected chi connectivity index (χ3v) is 3.37. The monoisotopic (exact) mass is 330 g/mol. The van der Waals surface area contributed by atoms with Crippen molar-refractivity contribution in [2.24, 2.45) is 0 Å². The van der Waals surface area contributed by atoms with Crippen LogP contribution in [0.5, 0.6) is 17.2 Å². The van der Waals surface area contributed by atoms with Crippen LogP contribution in [0.15, 0.2) is 42.5 Å². The van der Waals surface area contributed by atoms with Crippen molar-refractivity contribution in [2.75, 3.05) is 27.9 Å². The number of carbonyl (C=O) groups excluding carboxylic acids is 2. The smallest absolute Gasteiger partial charge is 0.342 e. The summed E-state index contributed by atoms with van der Waals surface area (Å²) in [5.74, 6) is 0.296. The second-order valence-electron chi connectivity index (χ2n) is 4.77. The van der Waals surface area contributed by atoms with E-state index >= 15 is 0 Å². The fourth-order valence-corrected chi connectivity index (χ4v) is 2.13. The summed E-state index contributed by atoms with van der Waals surface area (Å²) in [4.78, 5) is 24.4. The zero-order chi connectivity index (χ0) is 17.5. The van der Waals surface area contributed by atoms with Gasteiger partial charge in [-0.3, -0.25) is 4.79 Å². The zero-order valence-corrected chi connectivity index (χ0v) is 13.7. The van der Waals surface area contributed by atoms with E-state index in [1.807, 2.05) is 0 Å². The molecule has 0 aliphatic carbocycles. The van der Waals surface area contributed by atoms with E-state index in [0.29, 0.717) is 22.8 Å². The molecule has 24 heavy (non-hydrogen) atoms. The number of ether oxygens (including phenoxy) is 4. The topological polar surface area (TPSA) is 71.1 Å². The third kappa shape index (κ3) is 3.84. The predicted octanol–water partition coefficient (Wildman–Crippen LogP) is 2.75. The first-order chi connectivity index (χ1) is 11.6. The van der Waals surface area contributed by atoms with Gasteiger partial charge >= 0.3 is 5.97 Å². The predicted molar refractivity (Wildman–Crippen MR) is 87.2 cm³/mol. The first-order valence-electron chi connectivity index (χ1n) is 7.16. The highest BCUT2D eigenvalue weighted by Gasteiger charge is 2.18. The Bertz CT molecular complexity index is 738. The molecule has 0 unspecified atom stereocenters. The molecule has 0 saturated heterocycles. The molecule has 0 aliphatic rings. The summed E-state index contributed by atoms with van der Waals surface area (Å²) in [7, 11) is 4.43. The summed E-state index contributed by atoms with van der Waals surface area (Å²) in [6.07, 6.45) is 0. The third-order valence-electron chi connectivity index (χ3n) is 3.37. The Hall–Kier alpha value is -3.02. The minimum absolute atomic E-state index is 0.259. The molecule has 0 atom stereocenters. The van der Waals surface area contributed by atoms with E-state index in [2.05, 4.69) is 0 Å². The minimum atomic E-state index is -0.631. The van der Waals surface area contributed by atoms with Gasteiger partial charge in [0.05, 0.1) is 26.9 Å². The first-order valence-corrected chi connectivity index (χ1v) is 7.16. The number of ketones is 1. The van der Waals surface area contributed by atoms with Crippen LogP contribution >= 0.6 is 0 Å². The van der Waals surface area contributed by atoms with Gasteiger partial charge in [-0.25, -0.2) is 4.79 Å². The number of benzene rings is 2. The number of rotatable bonds is 7. The highest BCUT2D eigenvalue weighted by atomic mass is 16.5. The summed E-state index contributed by atoms with van der Waals surface area (Å²) in [6.45, 7) is -0.403. The molecule has 2 rings (SSSR count). The van der Waals surface area contributed by atoms with E-state index in [4.69, 9.17) is 18.9 Å². The number of hydrogen-bond acceptors (Lipinski definition) is 6. The molecule has 0 spiro atoms. The van der Waals surface area contributed by atoms with E-state index in [-0.39, 0.29) is 11.3 Å². The number of para-hydroxylation sites is 1. The van der Waals surface area contributed by atoms with Crippen LogP contribution in [-0.2, 0) is 4.74 Å². The van der Waals surface area contributed by atoms with Gasteiger partial charge < -0.3 is 18.9 Å². The second kappa shape index (κ2) is 8.01. The van der Waals surface area contributed by atoms with Gasteiger partial charge in [0, 0.05) is 6.07 Å². The van der Waals surface area contributed by atoms with E-state index < -0.39 is 12.6 Å². The Morgan fingerprint density at radius 3 is 2.21 bits per heavy atom. The molecular formula is C18H18O6. The average Bonchev–Trinajstić information content (AvgIpc) is 2.65. The summed E-state index contributed by atoms with van der Waals surface area (Å²) in [5.41, 5.74) is 0.570. The normalized spacial score (nSPS) is 9.96. The molecule has 0 bridgehead atoms. The lowest BCUT2D eigenvalue weighted by Gasteiger charge is -2.11. The molecular weight excluding hydrogens is 312 g/mol. The number of esters is 1. The van der Waals surface area contributed by atoms with Crippen molar-refractivity contribution in [2.45, 2.75) is 0 Å². The Morgan fingerprint density at radius 1 is 0.833 bits per heavy atom. The summed E-state index contributed by atoms with van der Waals surface area (Å²) < 4.78 is 20.4. The van der Waals surface area contributed by atoms with Gasteiger partial charge in [-0.05, 0) is 24.3 Å². The van der Waals surface area contributed by atoms with Crippen molar-refractivity contribution in [1.29, 1.82) is 0 Å². The van der Waals surface area contributed by atoms with Gasteiger partial charge in [0.1, 0.15) is 22.8 Å². The molecule has 0 N–H and O–H groups in total. The van der Waals surface area contributed by atoms with Crippen LogP contribution < -0.4 is 14.2 Å². The zero-order valence-electron chi connectivity index (χ0n) is 13.7. The van der Waals surface area contributed by atoms with Crippen LogP contribution in [-0.4, -0.2) is 39.7 Å². The first kappa shape index (κ1) is 17.3. The molecule has 0 radical (unpaired) electrons. The summed E-state index contributed by atoms with van der Waals surface area (Å²) in [5, 5.41) is 0. The van der Waals surface area contributed by atoms with Crippen LogP contribution in [0.2, 0.25) is 0 Å². The fraction of sp³-hybridized carbons (Fsp3) is 0.222. The lowest BCUT2D eigenvalue weighted by Crippen LogP contribution is -2.15. The molecule has 0 saturated carbocycles. The largest absolute Gasteiger partial charge is 0.497 e. The minimum Gasteiger partial charge on any atom is -0.497 e. The number of Topliss-reactive ketones (excluding diaryl/α,β-unsaturated/α-hetero) is 1. The van der Waals surface area contributed by atoms with Gasteiger partial charge in [-0.15, -0.1) is 0 Å². The van der Waals surface area contributed by atoms with Gasteiger partial charge in [0.2, 0.25) is 5.78 Å². The highest BCUT2D eigenvalue weighted by Crippen LogP contribution is 2.25. The molecule has 0 aliphatic heterocycles. The van der Waals surface area contributed by atoms with Crippen LogP contribution in [0.1, 0.15) is 20.7 Å². The lowest BCUT2D eigenvalue weighted by molar-refractivity contribution is 0.0470. The van der Waals surface area contributed by atoms with Gasteiger partial charge in [-0.1, -0.05) is 12.1 Å². The molecule has 126 valence electrons. The van der Waals surface area contributed by atoms with Crippen molar-refractivity contribution >= 4 is 11.8 Å². The number of carbonyl (C=O) groups is 2. The molecule has 6 heteroatoms. The maximum Gasteiger partial charge on any atom is 0.342 e. The van der Waals surface area contributed by atoms with Crippen molar-refractivity contribution in [1.82, 2.24) is 0 Å². The maximum absolute atomic E-state index is 12.3. The molecule has 0 fully saturated rings. The van der Waals surface area contributed by atoms with E-state index in [9.17, 15) is 9.59 Å². The SMILES string of the molecule is COc1ccc(C(=O)COC(=O)c2ccccc2OC)c(OC)c1. The van der Waals surface area contributed by atoms with Crippen molar-refractivity contribution in [3.63, 3.8) is 0 Å². The second-order valence-corrected chi connectivity index (χ2v) is 4.77. The van der Waals surface area contributed by atoms with Crippen molar-refractivity contribution in [3.05, 3.63) is 53.6 Å². The van der Waals surface area contributed by atoms with Gasteiger partial charge in [0.15, 0.2) is 6.61 Å². The average molecular weight is 330 g/mol. The highest BCUT2D eigenvalue weighted by molar-refractivity contribution is 6.02. The van der Waals surface area contributed by atoms with E-state index in [0.717, 1.165) is 0 Å². The Kier molecular flexibility index (Phi) is 5.78. The van der Waals surface area contributed by atoms with Crippen molar-refractivity contribution in [3.8, 4) is 17.2 Å². The summed E-state index contributed by atoms with van der Waals surface area (Å²) in [6, 6.07) is 11.4. The van der Waals surface area contributed by atoms with Gasteiger partial charge in [0.25, 0.3) is 0 Å². The quantitative estimate of drug-likeness (QED) is 0.574. The van der Waals surface area contributed by atoms with Crippen LogP contribution in [0.3, 0.4) is 0 Å². The molecule has 0 heterocycles. The van der Waals surface area contributed by atoms with Crippen LogP contribution in [0.4, 0.5) is 0 Å².